The zero-order valence-corrected chi connectivity index (χ0v) is 94.3. The van der Waals surface area contributed by atoms with Gasteiger partial charge in [-0.05, 0) is 276 Å². The van der Waals surface area contributed by atoms with Crippen molar-refractivity contribution in [3.05, 3.63) is 22.8 Å². The van der Waals surface area contributed by atoms with Crippen LogP contribution in [0.25, 0.3) is 9.69 Å². The van der Waals surface area contributed by atoms with Crippen molar-refractivity contribution in [1.29, 1.82) is 0 Å². The lowest BCUT2D eigenvalue weighted by Crippen LogP contribution is -2.56. The highest BCUT2D eigenvalue weighted by Gasteiger charge is 2.38. The number of amides is 3. The first-order valence-electron chi connectivity index (χ1n) is 53.1. The number of aliphatic hydroxyl groups is 3. The Hall–Kier alpha value is -3.37. The van der Waals surface area contributed by atoms with Gasteiger partial charge in [-0.25, -0.2) is 13.1 Å². The summed E-state index contributed by atoms with van der Waals surface area (Å²) in [7, 11) is 9.72. The average molecular weight is 1910 g/mol. The predicted molar refractivity (Wildman–Crippen MR) is 568 cm³/mol. The number of ether oxygens (including phenoxy) is 2. The normalized spacial score (nSPS) is 21.9. The van der Waals surface area contributed by atoms with E-state index in [0.717, 1.165) is 228 Å². The number of likely N-dealkylation sites (N-methyl/N-ethyl adjacent to an activating group) is 3. The Bertz CT molecular complexity index is 3130. The van der Waals surface area contributed by atoms with Gasteiger partial charge in [0.2, 0.25) is 29.8 Å². The number of likely N-dealkylation sites (tertiary alicyclic amines) is 5. The summed E-state index contributed by atoms with van der Waals surface area (Å²) in [6, 6.07) is 2.37. The number of hydrogen-bond acceptors (Lipinski definition) is 22. The SMILES string of the molecule is CC(C)(C)CC(O)CN1CCCCC1.CC(C)(C)CC(O)CN1CCOCC1.CC(C)(C)CCN[C@@H]1CCOC1.CC(C)(C)N1CCC(C(=O)N2CCNCC2)CC1.CC(C)(C)N1CCC(N2CCNC(=O)C2)CC1.CN(C)C(=O)CNC1CCN(C(C)(C)C)CC1.CN(C)CC(O)CC(C)(C)C.[C-]#[N+]C(C)(C)CN(C)C1CCN(C(C)(C)C)CC1.[C-]#[N+]CCN1CCN(C(C)(C)C)CC1. The molecule has 10 aliphatic rings. The molecule has 0 bridgehead atoms. The van der Waals surface area contributed by atoms with Crippen LogP contribution in [0.15, 0.2) is 0 Å². The molecule has 0 saturated carbocycles. The summed E-state index contributed by atoms with van der Waals surface area (Å²) in [5.41, 5.74) is 2.27. The quantitative estimate of drug-likeness (QED) is 0.0500. The predicted octanol–water partition coefficient (Wildman–Crippen LogP) is 13.3. The molecule has 0 spiro atoms. The van der Waals surface area contributed by atoms with Crippen LogP contribution in [0.2, 0.25) is 0 Å². The van der Waals surface area contributed by atoms with Gasteiger partial charge in [-0.3, -0.25) is 58.5 Å². The van der Waals surface area contributed by atoms with Crippen molar-refractivity contribution in [3.8, 4) is 0 Å². The second-order valence-corrected chi connectivity index (χ2v) is 51.5. The molecule has 0 aromatic carbocycles. The van der Waals surface area contributed by atoms with Gasteiger partial charge in [-0.1, -0.05) is 89.5 Å². The minimum atomic E-state index is -0.254. The zero-order chi connectivity index (χ0) is 103. The third-order valence-corrected chi connectivity index (χ3v) is 27.4. The monoisotopic (exact) mass is 1910 g/mol. The fraction of sp³-hybridized carbons (Fsp3) is 0.954. The van der Waals surface area contributed by atoms with Crippen LogP contribution in [0.1, 0.15) is 304 Å². The third-order valence-electron chi connectivity index (χ3n) is 27.4. The Morgan fingerprint density at radius 2 is 0.904 bits per heavy atom. The second kappa shape index (κ2) is 62.4. The molecule has 4 atom stereocenters. The molecule has 3 amide bonds. The average Bonchev–Trinajstić information content (AvgIpc) is 1.03. The number of rotatable bonds is 22. The molecule has 10 fully saturated rings. The molecule has 27 heteroatoms. The third kappa shape index (κ3) is 60.7. The molecule has 0 aliphatic carbocycles. The van der Waals surface area contributed by atoms with Crippen LogP contribution < -0.4 is 21.3 Å². The topological polar surface area (TPSA) is 229 Å². The van der Waals surface area contributed by atoms with E-state index in [-0.39, 0.29) is 74.4 Å². The van der Waals surface area contributed by atoms with Crippen molar-refractivity contribution in [3.63, 3.8) is 0 Å². The van der Waals surface area contributed by atoms with Crippen LogP contribution in [-0.2, 0) is 23.9 Å². The lowest BCUT2D eigenvalue weighted by atomic mass is 9.89. The Morgan fingerprint density at radius 3 is 1.31 bits per heavy atom. The van der Waals surface area contributed by atoms with E-state index in [9.17, 15) is 29.7 Å². The van der Waals surface area contributed by atoms with Crippen LogP contribution in [0.4, 0.5) is 0 Å². The molecular formula is C108H219N19O8. The van der Waals surface area contributed by atoms with Crippen molar-refractivity contribution >= 4 is 17.7 Å². The zero-order valence-electron chi connectivity index (χ0n) is 94.3. The number of piperazine rings is 3. The maximum atomic E-state index is 12.4. The lowest BCUT2D eigenvalue weighted by Gasteiger charge is -2.44. The van der Waals surface area contributed by atoms with Crippen LogP contribution in [-0.4, -0.2) is 437 Å². The number of β-amino-alcohol motifs (C(OH)–C–C–N with tert-alkyl or cyclic N) is 2. The van der Waals surface area contributed by atoms with Crippen LogP contribution in [0.5, 0.6) is 0 Å². The maximum Gasteiger partial charge on any atom is 0.239 e. The lowest BCUT2D eigenvalue weighted by molar-refractivity contribution is -0.138. The van der Waals surface area contributed by atoms with Gasteiger partial charge in [-0.2, -0.15) is 0 Å². The van der Waals surface area contributed by atoms with Gasteiger partial charge in [0.25, 0.3) is 0 Å². The summed E-state index contributed by atoms with van der Waals surface area (Å²) < 4.78 is 10.5. The first-order chi connectivity index (χ1) is 62.3. The molecule has 3 unspecified atom stereocenters. The molecule has 10 heterocycles. The van der Waals surface area contributed by atoms with E-state index in [0.29, 0.717) is 66.2 Å². The van der Waals surface area contributed by atoms with Gasteiger partial charge in [0.05, 0.1) is 64.3 Å². The Morgan fingerprint density at radius 1 is 0.467 bits per heavy atom. The number of carbonyl (C=O) groups excluding carboxylic acids is 3. The van der Waals surface area contributed by atoms with E-state index in [1.54, 1.807) is 19.0 Å². The molecule has 794 valence electrons. The summed E-state index contributed by atoms with van der Waals surface area (Å²) in [5.74, 6) is 1.00. The van der Waals surface area contributed by atoms with Gasteiger partial charge >= 0.3 is 0 Å². The second-order valence-electron chi connectivity index (χ2n) is 51.5. The number of nitrogens with one attached hydrogen (secondary N) is 4. The van der Waals surface area contributed by atoms with Crippen LogP contribution >= 0.6 is 0 Å². The minimum absolute atomic E-state index is 0.145. The first kappa shape index (κ1) is 128. The standard InChI is InChI=1S/C15H29N3.C14H27N3O.C13H25N3O.C13H27N3O.C12H25NO.C11H21N3.C11H23NO2.C10H21NO.C9H21NO/c1-14(2,3)18-10-8-13(9-11-18)17(7)12-15(4,5)16-6;1-14(2,3)17-8-4-12(5-9-17)13(18)16-10-6-15-7-11-16;1-13(2,3)16-7-4-11(5-8-16)15-9-6-14-12(17)10-15;1-13(2,3)16-8-6-11(7-9-16)14-10-12(17)15(4)5;1-12(2,3)9-11(14)10-13-7-5-4-6-8-13;1-11(2,3)14-9-7-13(8-10-14)6-5-12-4;1-11(2,3)8-10(13)9-12-4-6-14-7-5-12;1-10(2,3)5-6-11-9-4-7-12-8-9;1-9(2,3)6-8(11)7-10(4)5/h13H,8-12H2,1-5,7H3;12,15H,4-11H2,1-3H3;11H,4-10H2,1-3H3,(H,14,17);11,14H,6-10H2,1-5H3;11,14H,4-10H2,1-3H3;5-10H2,1-3H3;10,13H,4-9H2,1-3H3;9,11H,4-8H2,1-3H3;8,11H,6-7H2,1-5H3/t;;;;;;;9-;/m.......1./s1. The molecule has 7 N–H and O–H groups in total. The fourth-order valence-corrected chi connectivity index (χ4v) is 19.1. The number of carbonyl (C=O) groups is 3. The van der Waals surface area contributed by atoms with E-state index in [4.69, 9.17) is 22.6 Å². The van der Waals surface area contributed by atoms with E-state index in [1.165, 1.54) is 84.0 Å². The first-order valence-corrected chi connectivity index (χ1v) is 53.1. The van der Waals surface area contributed by atoms with Crippen LogP contribution in [0, 0.1) is 40.7 Å². The minimum Gasteiger partial charge on any atom is -0.392 e. The summed E-state index contributed by atoms with van der Waals surface area (Å²) in [4.78, 5) is 72.5. The number of piperidine rings is 5. The van der Waals surface area contributed by atoms with Crippen molar-refractivity contribution < 1.29 is 39.2 Å². The van der Waals surface area contributed by atoms with E-state index < -0.39 is 0 Å². The fourth-order valence-electron chi connectivity index (χ4n) is 19.1. The van der Waals surface area contributed by atoms with Gasteiger partial charge in [0.15, 0.2) is 0 Å². The molecule has 27 nitrogen and oxygen atoms in total. The van der Waals surface area contributed by atoms with Crippen molar-refractivity contribution in [1.82, 2.24) is 85.0 Å². The molecule has 10 aliphatic heterocycles. The highest BCUT2D eigenvalue weighted by molar-refractivity contribution is 5.79. The van der Waals surface area contributed by atoms with E-state index >= 15 is 0 Å². The van der Waals surface area contributed by atoms with Crippen molar-refractivity contribution in [2.24, 2.45) is 27.6 Å². The van der Waals surface area contributed by atoms with Crippen molar-refractivity contribution in [2.75, 3.05) is 265 Å². The molecule has 0 aromatic heterocycles. The number of morpholine rings is 1. The van der Waals surface area contributed by atoms with E-state index in [1.807, 2.05) is 37.7 Å². The summed E-state index contributed by atoms with van der Waals surface area (Å²) in [5, 5.41) is 42.3. The molecule has 10 saturated heterocycles. The molecular weight excluding hydrogens is 1690 g/mol. The number of nitrogens with zero attached hydrogens (tertiary/aromatic N) is 15. The van der Waals surface area contributed by atoms with Gasteiger partial charge in [0, 0.05) is 230 Å². The molecule has 10 rings (SSSR count). The smallest absolute Gasteiger partial charge is 0.239 e. The number of hydrogen-bond donors (Lipinski definition) is 7. The summed E-state index contributed by atoms with van der Waals surface area (Å²) >= 11 is 0. The molecule has 135 heavy (non-hydrogen) atoms. The Labute approximate surface area is 831 Å². The van der Waals surface area contributed by atoms with Crippen molar-refractivity contribution in [2.45, 2.75) is 379 Å². The summed E-state index contributed by atoms with van der Waals surface area (Å²) in [6.45, 7) is 112. The highest BCUT2D eigenvalue weighted by atomic mass is 16.5. The van der Waals surface area contributed by atoms with Gasteiger partial charge in [-0.15, -0.1) is 0 Å². The van der Waals surface area contributed by atoms with Gasteiger partial charge < -0.3 is 75.4 Å². The van der Waals surface area contributed by atoms with E-state index in [2.05, 4.69) is 274 Å². The highest BCUT2D eigenvalue weighted by Crippen LogP contribution is 2.31. The number of aliphatic hydroxyl groups excluding tert-OH is 3. The Balaban J connectivity index is 0.000000516. The molecule has 0 aromatic rings. The Kier molecular flexibility index (Phi) is 59.0. The maximum absolute atomic E-state index is 12.4. The molecule has 0 radical (unpaired) electrons. The summed E-state index contributed by atoms with van der Waals surface area (Å²) in [6.07, 6.45) is 17.7. The van der Waals surface area contributed by atoms with Gasteiger partial charge in [0.1, 0.15) is 0 Å². The largest absolute Gasteiger partial charge is 0.392 e. The van der Waals surface area contributed by atoms with Crippen LogP contribution in [0.3, 0.4) is 0 Å².